The van der Waals surface area contributed by atoms with Gasteiger partial charge in [-0.3, -0.25) is 4.79 Å². The molecule has 0 aromatic heterocycles. The average molecular weight is 426 g/mol. The zero-order valence-electron chi connectivity index (χ0n) is 18.5. The summed E-state index contributed by atoms with van der Waals surface area (Å²) in [5.41, 5.74) is 7.43. The molecule has 3 N–H and O–H groups in total. The van der Waals surface area contributed by atoms with Crippen molar-refractivity contribution in [2.75, 3.05) is 26.2 Å². The molecule has 0 saturated carbocycles. The summed E-state index contributed by atoms with van der Waals surface area (Å²) in [5.74, 6) is 1.36. The highest BCUT2D eigenvalue weighted by atomic mass is 16.5. The summed E-state index contributed by atoms with van der Waals surface area (Å²) in [6, 6.07) is 15.6. The first-order valence-corrected chi connectivity index (χ1v) is 11.3. The first kappa shape index (κ1) is 23.1. The summed E-state index contributed by atoms with van der Waals surface area (Å²) in [5, 5.41) is 3.09. The minimum atomic E-state index is -0.353. The van der Waals surface area contributed by atoms with Gasteiger partial charge in [-0.05, 0) is 74.7 Å². The SMILES string of the molecule is C[C@@H](NCc1ccc(OCc2ccc(OCCCN3CCCCC3)cc2)cc1)C(N)=O. The number of ether oxygens (including phenoxy) is 2. The maximum Gasteiger partial charge on any atom is 0.234 e. The van der Waals surface area contributed by atoms with E-state index < -0.39 is 0 Å². The molecule has 6 nitrogen and oxygen atoms in total. The number of hydrogen-bond donors (Lipinski definition) is 2. The molecule has 1 saturated heterocycles. The van der Waals surface area contributed by atoms with Crippen molar-refractivity contribution in [2.24, 2.45) is 5.73 Å². The molecule has 1 heterocycles. The van der Waals surface area contributed by atoms with Crippen LogP contribution in [0.4, 0.5) is 0 Å². The minimum absolute atomic E-state index is 0.349. The van der Waals surface area contributed by atoms with E-state index in [0.717, 1.165) is 42.2 Å². The van der Waals surface area contributed by atoms with Crippen LogP contribution >= 0.6 is 0 Å². The molecule has 0 radical (unpaired) electrons. The van der Waals surface area contributed by atoms with Gasteiger partial charge in [-0.25, -0.2) is 0 Å². The molecule has 1 atom stereocenters. The van der Waals surface area contributed by atoms with Crippen molar-refractivity contribution in [2.45, 2.75) is 51.8 Å². The number of benzene rings is 2. The lowest BCUT2D eigenvalue weighted by Gasteiger charge is -2.26. The number of piperidine rings is 1. The Bertz CT molecular complexity index is 787. The van der Waals surface area contributed by atoms with Gasteiger partial charge < -0.3 is 25.4 Å². The van der Waals surface area contributed by atoms with Gasteiger partial charge in [-0.1, -0.05) is 30.7 Å². The highest BCUT2D eigenvalue weighted by Gasteiger charge is 2.09. The van der Waals surface area contributed by atoms with E-state index in [1.54, 1.807) is 6.92 Å². The first-order chi connectivity index (χ1) is 15.1. The third kappa shape index (κ3) is 8.23. The Balaban J connectivity index is 1.34. The number of hydrogen-bond acceptors (Lipinski definition) is 5. The van der Waals surface area contributed by atoms with Crippen molar-refractivity contribution in [1.29, 1.82) is 0 Å². The standard InChI is InChI=1S/C25H35N3O3/c1-20(25(26)29)27-18-21-6-10-24(11-7-21)31-19-22-8-12-23(13-9-22)30-17-5-16-28-14-3-2-4-15-28/h6-13,20,27H,2-5,14-19H2,1H3,(H2,26,29)/t20-/m1/s1. The largest absolute Gasteiger partial charge is 0.494 e. The molecule has 31 heavy (non-hydrogen) atoms. The summed E-state index contributed by atoms with van der Waals surface area (Å²) in [6.07, 6.45) is 5.12. The molecule has 0 spiro atoms. The van der Waals surface area contributed by atoms with Crippen LogP contribution in [0.2, 0.25) is 0 Å². The van der Waals surface area contributed by atoms with Crippen molar-refractivity contribution in [1.82, 2.24) is 10.2 Å². The maximum atomic E-state index is 11.1. The Morgan fingerprint density at radius 1 is 0.968 bits per heavy atom. The van der Waals surface area contributed by atoms with Gasteiger partial charge in [0.25, 0.3) is 0 Å². The number of nitrogens with one attached hydrogen (secondary N) is 1. The summed E-state index contributed by atoms with van der Waals surface area (Å²) < 4.78 is 11.8. The molecule has 0 unspecified atom stereocenters. The summed E-state index contributed by atoms with van der Waals surface area (Å²) in [7, 11) is 0. The van der Waals surface area contributed by atoms with Crippen molar-refractivity contribution in [3.63, 3.8) is 0 Å². The van der Waals surface area contributed by atoms with E-state index >= 15 is 0 Å². The van der Waals surface area contributed by atoms with Crippen LogP contribution in [0.1, 0.15) is 43.7 Å². The number of nitrogens with two attached hydrogens (primary N) is 1. The number of amides is 1. The summed E-state index contributed by atoms with van der Waals surface area (Å²) in [6.45, 7) is 7.21. The number of carbonyl (C=O) groups is 1. The molecule has 0 bridgehead atoms. The van der Waals surface area contributed by atoms with Gasteiger partial charge in [-0.2, -0.15) is 0 Å². The number of primary amides is 1. The molecule has 1 amide bonds. The van der Waals surface area contributed by atoms with Crippen LogP contribution in [0.15, 0.2) is 48.5 Å². The van der Waals surface area contributed by atoms with Crippen molar-refractivity contribution >= 4 is 5.91 Å². The van der Waals surface area contributed by atoms with Crippen LogP contribution < -0.4 is 20.5 Å². The Morgan fingerprint density at radius 2 is 1.58 bits per heavy atom. The molecular weight excluding hydrogens is 390 g/mol. The molecule has 1 aliphatic rings. The van der Waals surface area contributed by atoms with E-state index in [4.69, 9.17) is 15.2 Å². The minimum Gasteiger partial charge on any atom is -0.494 e. The van der Waals surface area contributed by atoms with Crippen LogP contribution in [-0.4, -0.2) is 43.1 Å². The highest BCUT2D eigenvalue weighted by Crippen LogP contribution is 2.17. The Labute approximate surface area is 185 Å². The second kappa shape index (κ2) is 12.3. The molecule has 0 aliphatic carbocycles. The molecule has 1 fully saturated rings. The van der Waals surface area contributed by atoms with Gasteiger partial charge in [-0.15, -0.1) is 0 Å². The van der Waals surface area contributed by atoms with Gasteiger partial charge >= 0.3 is 0 Å². The molecule has 2 aromatic carbocycles. The first-order valence-electron chi connectivity index (χ1n) is 11.3. The van der Waals surface area contributed by atoms with E-state index in [9.17, 15) is 4.79 Å². The molecule has 1 aliphatic heterocycles. The number of carbonyl (C=O) groups excluding carboxylic acids is 1. The summed E-state index contributed by atoms with van der Waals surface area (Å²) >= 11 is 0. The van der Waals surface area contributed by atoms with Gasteiger partial charge in [0.2, 0.25) is 5.91 Å². The van der Waals surface area contributed by atoms with Gasteiger partial charge in [0.15, 0.2) is 0 Å². The molecule has 2 aromatic rings. The zero-order chi connectivity index (χ0) is 21.9. The predicted molar refractivity (Wildman–Crippen MR) is 123 cm³/mol. The quantitative estimate of drug-likeness (QED) is 0.509. The van der Waals surface area contributed by atoms with Crippen molar-refractivity contribution in [3.8, 4) is 11.5 Å². The fourth-order valence-corrected chi connectivity index (χ4v) is 3.58. The fraction of sp³-hybridized carbons (Fsp3) is 0.480. The Kier molecular flexibility index (Phi) is 9.18. The van der Waals surface area contributed by atoms with Crippen molar-refractivity contribution < 1.29 is 14.3 Å². The lowest BCUT2D eigenvalue weighted by Crippen LogP contribution is -2.38. The average Bonchev–Trinajstić information content (AvgIpc) is 2.81. The van der Waals surface area contributed by atoms with Crippen LogP contribution in [-0.2, 0) is 17.9 Å². The smallest absolute Gasteiger partial charge is 0.234 e. The lowest BCUT2D eigenvalue weighted by atomic mass is 10.1. The van der Waals surface area contributed by atoms with Gasteiger partial charge in [0.1, 0.15) is 18.1 Å². The Hall–Kier alpha value is -2.57. The zero-order valence-corrected chi connectivity index (χ0v) is 18.5. The normalized spacial score (nSPS) is 15.4. The second-order valence-corrected chi connectivity index (χ2v) is 8.19. The van der Waals surface area contributed by atoms with Crippen LogP contribution in [0.25, 0.3) is 0 Å². The lowest BCUT2D eigenvalue weighted by molar-refractivity contribution is -0.119. The monoisotopic (exact) mass is 425 g/mol. The predicted octanol–water partition coefficient (Wildman–Crippen LogP) is 3.48. The van der Waals surface area contributed by atoms with Crippen LogP contribution in [0.3, 0.4) is 0 Å². The summed E-state index contributed by atoms with van der Waals surface area (Å²) in [4.78, 5) is 13.6. The molecular formula is C25H35N3O3. The maximum absolute atomic E-state index is 11.1. The van der Waals surface area contributed by atoms with E-state index in [1.807, 2.05) is 48.5 Å². The van der Waals surface area contributed by atoms with E-state index in [2.05, 4.69) is 10.2 Å². The number of nitrogens with zero attached hydrogens (tertiary/aromatic N) is 1. The van der Waals surface area contributed by atoms with E-state index in [0.29, 0.717) is 13.2 Å². The molecule has 3 rings (SSSR count). The highest BCUT2D eigenvalue weighted by molar-refractivity contribution is 5.79. The van der Waals surface area contributed by atoms with E-state index in [-0.39, 0.29) is 11.9 Å². The van der Waals surface area contributed by atoms with Gasteiger partial charge in [0, 0.05) is 13.1 Å². The molecule has 168 valence electrons. The third-order valence-electron chi connectivity index (χ3n) is 5.63. The van der Waals surface area contributed by atoms with Gasteiger partial charge in [0.05, 0.1) is 12.6 Å². The van der Waals surface area contributed by atoms with E-state index in [1.165, 1.54) is 32.4 Å². The molecule has 6 heteroatoms. The Morgan fingerprint density at radius 3 is 2.23 bits per heavy atom. The fourth-order valence-electron chi connectivity index (χ4n) is 3.58. The third-order valence-corrected chi connectivity index (χ3v) is 5.63. The number of likely N-dealkylation sites (tertiary alicyclic amines) is 1. The topological polar surface area (TPSA) is 76.8 Å². The van der Waals surface area contributed by atoms with Crippen molar-refractivity contribution in [3.05, 3.63) is 59.7 Å². The second-order valence-electron chi connectivity index (χ2n) is 8.19. The number of rotatable bonds is 12. The van der Waals surface area contributed by atoms with Crippen LogP contribution in [0.5, 0.6) is 11.5 Å². The van der Waals surface area contributed by atoms with Crippen LogP contribution in [0, 0.1) is 0 Å².